The van der Waals surface area contributed by atoms with Crippen LogP contribution in [0.25, 0.3) is 0 Å². The van der Waals surface area contributed by atoms with Gasteiger partial charge >= 0.3 is 0 Å². The zero-order valence-corrected chi connectivity index (χ0v) is 9.66. The van der Waals surface area contributed by atoms with Crippen LogP contribution in [-0.4, -0.2) is 30.6 Å². The van der Waals surface area contributed by atoms with Crippen molar-refractivity contribution in [2.75, 3.05) is 19.6 Å². The molecule has 1 aromatic rings. The Bertz CT molecular complexity index is 318. The van der Waals surface area contributed by atoms with Gasteiger partial charge in [0.1, 0.15) is 0 Å². The van der Waals surface area contributed by atoms with Crippen molar-refractivity contribution in [1.82, 2.24) is 10.2 Å². The zero-order chi connectivity index (χ0) is 10.7. The first-order valence-corrected chi connectivity index (χ1v) is 5.80. The quantitative estimate of drug-likeness (QED) is 0.804. The summed E-state index contributed by atoms with van der Waals surface area (Å²) in [6, 6.07) is 9.43. The average molecular weight is 204 g/mol. The van der Waals surface area contributed by atoms with E-state index in [9.17, 15) is 0 Å². The molecule has 1 fully saturated rings. The average Bonchev–Trinajstić information content (AvgIpc) is 2.17. The molecule has 82 valence electrons. The lowest BCUT2D eigenvalue weighted by atomic mass is 10.1. The van der Waals surface area contributed by atoms with Gasteiger partial charge in [-0.05, 0) is 24.6 Å². The molecule has 2 nitrogen and oxygen atoms in total. The van der Waals surface area contributed by atoms with E-state index in [1.807, 2.05) is 0 Å². The van der Waals surface area contributed by atoms with Crippen LogP contribution in [0.2, 0.25) is 0 Å². The second-order valence-electron chi connectivity index (χ2n) is 4.30. The van der Waals surface area contributed by atoms with Crippen molar-refractivity contribution >= 4 is 0 Å². The maximum absolute atomic E-state index is 3.33. The molecule has 0 aliphatic carbocycles. The Labute approximate surface area is 92.3 Å². The molecular formula is C13H20N2. The zero-order valence-electron chi connectivity index (χ0n) is 9.66. The lowest BCUT2D eigenvalue weighted by Crippen LogP contribution is -2.56. The molecule has 1 heterocycles. The first-order chi connectivity index (χ1) is 7.31. The van der Waals surface area contributed by atoms with Crippen LogP contribution in [0.15, 0.2) is 24.3 Å². The molecule has 2 rings (SSSR count). The van der Waals surface area contributed by atoms with E-state index in [2.05, 4.69) is 48.3 Å². The molecule has 0 aromatic heterocycles. The van der Waals surface area contributed by atoms with Crippen molar-refractivity contribution in [2.24, 2.45) is 0 Å². The van der Waals surface area contributed by atoms with E-state index in [0.717, 1.165) is 32.2 Å². The summed E-state index contributed by atoms with van der Waals surface area (Å²) in [6.45, 7) is 8.98. The predicted octanol–water partition coefficient (Wildman–Crippen LogP) is 1.79. The molecule has 1 aliphatic rings. The van der Waals surface area contributed by atoms with Gasteiger partial charge in [0.25, 0.3) is 0 Å². The molecule has 0 bridgehead atoms. The van der Waals surface area contributed by atoms with E-state index in [4.69, 9.17) is 0 Å². The van der Waals surface area contributed by atoms with Gasteiger partial charge in [0.05, 0.1) is 0 Å². The summed E-state index contributed by atoms with van der Waals surface area (Å²) in [7, 11) is 0. The van der Waals surface area contributed by atoms with Crippen LogP contribution in [0.1, 0.15) is 18.1 Å². The SMILES string of the molecule is CCN(Cc1ccccc1C)C1CNC1. The number of aryl methyl sites for hydroxylation is 1. The fraction of sp³-hybridized carbons (Fsp3) is 0.538. The minimum Gasteiger partial charge on any atom is -0.314 e. The molecular weight excluding hydrogens is 184 g/mol. The second-order valence-corrected chi connectivity index (χ2v) is 4.30. The minimum absolute atomic E-state index is 0.745. The van der Waals surface area contributed by atoms with Crippen molar-refractivity contribution < 1.29 is 0 Å². The highest BCUT2D eigenvalue weighted by Gasteiger charge is 2.23. The maximum atomic E-state index is 3.33. The molecule has 0 saturated carbocycles. The van der Waals surface area contributed by atoms with Gasteiger partial charge in [-0.25, -0.2) is 0 Å². The highest BCUT2D eigenvalue weighted by atomic mass is 15.2. The number of likely N-dealkylation sites (N-methyl/N-ethyl adjacent to an activating group) is 1. The molecule has 0 spiro atoms. The smallest absolute Gasteiger partial charge is 0.0348 e. The number of hydrogen-bond donors (Lipinski definition) is 1. The van der Waals surface area contributed by atoms with Gasteiger partial charge in [0.15, 0.2) is 0 Å². The summed E-state index contributed by atoms with van der Waals surface area (Å²) in [5, 5.41) is 3.33. The summed E-state index contributed by atoms with van der Waals surface area (Å²) < 4.78 is 0. The van der Waals surface area contributed by atoms with Gasteiger partial charge in [-0.1, -0.05) is 31.2 Å². The first-order valence-electron chi connectivity index (χ1n) is 5.80. The Balaban J connectivity index is 2.02. The van der Waals surface area contributed by atoms with Crippen molar-refractivity contribution in [3.8, 4) is 0 Å². The van der Waals surface area contributed by atoms with Crippen molar-refractivity contribution in [3.05, 3.63) is 35.4 Å². The topological polar surface area (TPSA) is 15.3 Å². The minimum atomic E-state index is 0.745. The predicted molar refractivity (Wildman–Crippen MR) is 63.9 cm³/mol. The molecule has 15 heavy (non-hydrogen) atoms. The van der Waals surface area contributed by atoms with Gasteiger partial charge in [-0.3, -0.25) is 4.90 Å². The summed E-state index contributed by atoms with van der Waals surface area (Å²) in [4.78, 5) is 2.55. The van der Waals surface area contributed by atoms with Crippen molar-refractivity contribution in [1.29, 1.82) is 0 Å². The monoisotopic (exact) mass is 204 g/mol. The highest BCUT2D eigenvalue weighted by molar-refractivity contribution is 5.25. The van der Waals surface area contributed by atoms with E-state index >= 15 is 0 Å². The van der Waals surface area contributed by atoms with Gasteiger partial charge in [0.2, 0.25) is 0 Å². The van der Waals surface area contributed by atoms with E-state index in [0.29, 0.717) is 0 Å². The third-order valence-corrected chi connectivity index (χ3v) is 3.32. The maximum Gasteiger partial charge on any atom is 0.0348 e. The van der Waals surface area contributed by atoms with Gasteiger partial charge in [0, 0.05) is 25.7 Å². The van der Waals surface area contributed by atoms with Crippen LogP contribution < -0.4 is 5.32 Å². The molecule has 1 N–H and O–H groups in total. The Morgan fingerprint density at radius 1 is 1.33 bits per heavy atom. The Kier molecular flexibility index (Phi) is 3.39. The Hall–Kier alpha value is -0.860. The number of rotatable bonds is 4. The van der Waals surface area contributed by atoms with Crippen LogP contribution in [0.5, 0.6) is 0 Å². The number of benzene rings is 1. The van der Waals surface area contributed by atoms with Gasteiger partial charge in [-0.15, -0.1) is 0 Å². The van der Waals surface area contributed by atoms with E-state index in [1.165, 1.54) is 11.1 Å². The summed E-state index contributed by atoms with van der Waals surface area (Å²) in [5.74, 6) is 0. The Morgan fingerprint density at radius 3 is 2.60 bits per heavy atom. The van der Waals surface area contributed by atoms with E-state index in [1.54, 1.807) is 0 Å². The molecule has 0 amide bonds. The lowest BCUT2D eigenvalue weighted by molar-refractivity contribution is 0.145. The van der Waals surface area contributed by atoms with Crippen LogP contribution >= 0.6 is 0 Å². The van der Waals surface area contributed by atoms with E-state index < -0.39 is 0 Å². The van der Waals surface area contributed by atoms with Crippen LogP contribution in [-0.2, 0) is 6.54 Å². The summed E-state index contributed by atoms with van der Waals surface area (Å²) in [6.07, 6.45) is 0. The fourth-order valence-electron chi connectivity index (χ4n) is 2.04. The highest BCUT2D eigenvalue weighted by Crippen LogP contribution is 2.14. The molecule has 0 unspecified atom stereocenters. The third kappa shape index (κ3) is 2.39. The normalized spacial score (nSPS) is 16.7. The largest absolute Gasteiger partial charge is 0.314 e. The molecule has 1 aliphatic heterocycles. The summed E-state index contributed by atoms with van der Waals surface area (Å²) >= 11 is 0. The van der Waals surface area contributed by atoms with Gasteiger partial charge < -0.3 is 5.32 Å². The number of nitrogens with zero attached hydrogens (tertiary/aromatic N) is 1. The molecule has 1 aromatic carbocycles. The third-order valence-electron chi connectivity index (χ3n) is 3.32. The van der Waals surface area contributed by atoms with E-state index in [-0.39, 0.29) is 0 Å². The molecule has 0 radical (unpaired) electrons. The van der Waals surface area contributed by atoms with Crippen molar-refractivity contribution in [3.63, 3.8) is 0 Å². The van der Waals surface area contributed by atoms with Crippen LogP contribution in [0.3, 0.4) is 0 Å². The molecule has 0 atom stereocenters. The number of nitrogens with one attached hydrogen (secondary N) is 1. The first kappa shape index (κ1) is 10.7. The Morgan fingerprint density at radius 2 is 2.07 bits per heavy atom. The second kappa shape index (κ2) is 4.77. The van der Waals surface area contributed by atoms with Gasteiger partial charge in [-0.2, -0.15) is 0 Å². The number of hydrogen-bond acceptors (Lipinski definition) is 2. The fourth-order valence-corrected chi connectivity index (χ4v) is 2.04. The van der Waals surface area contributed by atoms with Crippen LogP contribution in [0.4, 0.5) is 0 Å². The summed E-state index contributed by atoms with van der Waals surface area (Å²) in [5.41, 5.74) is 2.87. The molecule has 1 saturated heterocycles. The molecule has 2 heteroatoms. The van der Waals surface area contributed by atoms with Crippen LogP contribution in [0, 0.1) is 6.92 Å². The standard InChI is InChI=1S/C13H20N2/c1-3-15(13-8-14-9-13)10-12-7-5-4-6-11(12)2/h4-7,13-14H,3,8-10H2,1-2H3. The lowest BCUT2D eigenvalue weighted by Gasteiger charge is -2.37. The van der Waals surface area contributed by atoms with Crippen molar-refractivity contribution in [2.45, 2.75) is 26.4 Å².